The molecule has 0 spiro atoms. The van der Waals surface area contributed by atoms with Gasteiger partial charge in [0.15, 0.2) is 0 Å². The van der Waals surface area contributed by atoms with Gasteiger partial charge in [-0.1, -0.05) is 72.3 Å². The Bertz CT molecular complexity index is 754. The van der Waals surface area contributed by atoms with Crippen LogP contribution in [0, 0.1) is 0 Å². The molecule has 27 heavy (non-hydrogen) atoms. The van der Waals surface area contributed by atoms with E-state index in [1.54, 1.807) is 11.8 Å². The Balaban J connectivity index is 1.59. The molecule has 0 radical (unpaired) electrons. The maximum absolute atomic E-state index is 10.6. The summed E-state index contributed by atoms with van der Waals surface area (Å²) < 4.78 is 0. The van der Waals surface area contributed by atoms with Crippen molar-refractivity contribution in [3.63, 3.8) is 0 Å². The average Bonchev–Trinajstić information content (AvgIpc) is 2.69. The smallest absolute Gasteiger partial charge is 0.0761 e. The predicted octanol–water partition coefficient (Wildman–Crippen LogP) is 5.50. The summed E-state index contributed by atoms with van der Waals surface area (Å²) in [4.78, 5) is 3.42. The first-order valence-electron chi connectivity index (χ1n) is 9.06. The number of thioether (sulfide) groups is 1. The fraction of sp³-hybridized carbons (Fsp3) is 0.217. The van der Waals surface area contributed by atoms with Crippen LogP contribution in [0.5, 0.6) is 0 Å². The number of hydrogen-bond donors (Lipinski definition) is 1. The summed E-state index contributed by atoms with van der Waals surface area (Å²) in [7, 11) is 0. The van der Waals surface area contributed by atoms with E-state index in [0.29, 0.717) is 12.3 Å². The molecular weight excluding hydrogens is 374 g/mol. The van der Waals surface area contributed by atoms with E-state index in [-0.39, 0.29) is 0 Å². The predicted molar refractivity (Wildman–Crippen MR) is 115 cm³/mol. The highest BCUT2D eigenvalue weighted by Gasteiger charge is 2.13. The van der Waals surface area contributed by atoms with Crippen molar-refractivity contribution < 1.29 is 5.11 Å². The van der Waals surface area contributed by atoms with Crippen molar-refractivity contribution in [2.75, 3.05) is 12.3 Å². The normalized spacial score (nSPS) is 12.3. The van der Waals surface area contributed by atoms with E-state index in [1.165, 1.54) is 11.1 Å². The molecule has 0 aliphatic rings. The van der Waals surface area contributed by atoms with Gasteiger partial charge in [0.1, 0.15) is 0 Å². The lowest BCUT2D eigenvalue weighted by molar-refractivity contribution is 0.121. The summed E-state index contributed by atoms with van der Waals surface area (Å²) in [6, 6.07) is 28.6. The van der Waals surface area contributed by atoms with Gasteiger partial charge in [0.05, 0.1) is 6.10 Å². The Labute approximate surface area is 170 Å². The molecule has 0 aliphatic carbocycles. The molecule has 140 valence electrons. The second kappa shape index (κ2) is 10.5. The highest BCUT2D eigenvalue weighted by Crippen LogP contribution is 2.21. The zero-order chi connectivity index (χ0) is 18.9. The molecule has 1 unspecified atom stereocenters. The van der Waals surface area contributed by atoms with Gasteiger partial charge in [0.2, 0.25) is 0 Å². The maximum Gasteiger partial charge on any atom is 0.0761 e. The minimum atomic E-state index is -0.405. The van der Waals surface area contributed by atoms with E-state index in [4.69, 9.17) is 11.6 Å². The van der Waals surface area contributed by atoms with E-state index < -0.39 is 6.10 Å². The van der Waals surface area contributed by atoms with Crippen LogP contribution in [-0.2, 0) is 13.1 Å². The Morgan fingerprint density at radius 3 is 1.81 bits per heavy atom. The van der Waals surface area contributed by atoms with Gasteiger partial charge in [-0.2, -0.15) is 0 Å². The van der Waals surface area contributed by atoms with Crippen LogP contribution >= 0.6 is 23.4 Å². The van der Waals surface area contributed by atoms with Crippen molar-refractivity contribution in [3.8, 4) is 0 Å². The number of benzene rings is 3. The summed E-state index contributed by atoms with van der Waals surface area (Å²) in [5.41, 5.74) is 2.51. The number of rotatable bonds is 9. The number of nitrogens with zero attached hydrogens (tertiary/aromatic N) is 1. The van der Waals surface area contributed by atoms with Crippen LogP contribution in [0.25, 0.3) is 0 Å². The van der Waals surface area contributed by atoms with Gasteiger partial charge in [-0.3, -0.25) is 4.90 Å². The van der Waals surface area contributed by atoms with Gasteiger partial charge in [0.25, 0.3) is 0 Å². The molecule has 2 nitrogen and oxygen atoms in total. The first-order valence-corrected chi connectivity index (χ1v) is 10.4. The topological polar surface area (TPSA) is 23.5 Å². The van der Waals surface area contributed by atoms with Crippen molar-refractivity contribution >= 4 is 23.4 Å². The minimum Gasteiger partial charge on any atom is -0.391 e. The molecule has 3 rings (SSSR count). The Morgan fingerprint density at radius 1 is 0.778 bits per heavy atom. The number of halogens is 1. The number of hydrogen-bond acceptors (Lipinski definition) is 3. The van der Waals surface area contributed by atoms with Gasteiger partial charge in [0, 0.05) is 35.3 Å². The molecule has 0 amide bonds. The first-order chi connectivity index (χ1) is 13.2. The van der Waals surface area contributed by atoms with Gasteiger partial charge >= 0.3 is 0 Å². The first kappa shape index (κ1) is 20.0. The Morgan fingerprint density at radius 2 is 1.30 bits per heavy atom. The van der Waals surface area contributed by atoms with Crippen molar-refractivity contribution in [2.24, 2.45) is 0 Å². The second-order valence-corrected chi connectivity index (χ2v) is 8.09. The summed E-state index contributed by atoms with van der Waals surface area (Å²) in [5, 5.41) is 11.3. The molecule has 0 saturated carbocycles. The van der Waals surface area contributed by atoms with Crippen LogP contribution in [-0.4, -0.2) is 28.4 Å². The van der Waals surface area contributed by atoms with E-state index in [9.17, 15) is 5.11 Å². The highest BCUT2D eigenvalue weighted by atomic mass is 35.5. The van der Waals surface area contributed by atoms with E-state index in [0.717, 1.165) is 23.0 Å². The van der Waals surface area contributed by atoms with Gasteiger partial charge in [-0.15, -0.1) is 11.8 Å². The zero-order valence-electron chi connectivity index (χ0n) is 15.2. The van der Waals surface area contributed by atoms with Crippen LogP contribution in [0.2, 0.25) is 5.02 Å². The van der Waals surface area contributed by atoms with Crippen LogP contribution in [0.3, 0.4) is 0 Å². The van der Waals surface area contributed by atoms with Gasteiger partial charge in [-0.05, 0) is 35.4 Å². The third-order valence-electron chi connectivity index (χ3n) is 4.22. The molecule has 4 heteroatoms. The minimum absolute atomic E-state index is 0.405. The van der Waals surface area contributed by atoms with Crippen LogP contribution in [0.1, 0.15) is 11.1 Å². The monoisotopic (exact) mass is 397 g/mol. The third-order valence-corrected chi connectivity index (χ3v) is 5.63. The molecule has 0 aromatic heterocycles. The second-order valence-electron chi connectivity index (χ2n) is 6.56. The third kappa shape index (κ3) is 7.04. The molecule has 3 aromatic carbocycles. The quantitative estimate of drug-likeness (QED) is 0.482. The summed E-state index contributed by atoms with van der Waals surface area (Å²) in [6.07, 6.45) is -0.405. The molecule has 0 heterocycles. The number of aliphatic hydroxyl groups excluding tert-OH is 1. The molecule has 0 bridgehead atoms. The molecule has 1 atom stereocenters. The summed E-state index contributed by atoms with van der Waals surface area (Å²) in [6.45, 7) is 2.27. The molecule has 0 aliphatic heterocycles. The molecule has 3 aromatic rings. The van der Waals surface area contributed by atoms with Crippen LogP contribution in [0.15, 0.2) is 89.8 Å². The van der Waals surface area contributed by atoms with Crippen molar-refractivity contribution in [2.45, 2.75) is 24.1 Å². The SMILES string of the molecule is OC(CSc1ccc(Cl)cc1)CN(Cc1ccccc1)Cc1ccccc1. The van der Waals surface area contributed by atoms with E-state index in [1.807, 2.05) is 36.4 Å². The zero-order valence-corrected chi connectivity index (χ0v) is 16.7. The molecule has 0 fully saturated rings. The van der Waals surface area contributed by atoms with Gasteiger partial charge in [-0.25, -0.2) is 0 Å². The standard InChI is InChI=1S/C23H24ClNOS/c24-21-11-13-23(14-12-21)27-18-22(26)17-25(15-19-7-3-1-4-8-19)16-20-9-5-2-6-10-20/h1-14,22,26H,15-18H2. The molecular formula is C23H24ClNOS. The number of aliphatic hydroxyl groups is 1. The van der Waals surface area contributed by atoms with Crippen molar-refractivity contribution in [1.29, 1.82) is 0 Å². The molecule has 0 saturated heterocycles. The molecule has 1 N–H and O–H groups in total. The fourth-order valence-electron chi connectivity index (χ4n) is 2.94. The Hall–Kier alpha value is -1.78. The van der Waals surface area contributed by atoms with E-state index >= 15 is 0 Å². The summed E-state index contributed by atoms with van der Waals surface area (Å²) >= 11 is 7.59. The van der Waals surface area contributed by atoms with Crippen LogP contribution in [0.4, 0.5) is 0 Å². The van der Waals surface area contributed by atoms with E-state index in [2.05, 4.69) is 53.4 Å². The lowest BCUT2D eigenvalue weighted by Gasteiger charge is -2.25. The average molecular weight is 398 g/mol. The highest BCUT2D eigenvalue weighted by molar-refractivity contribution is 7.99. The summed E-state index contributed by atoms with van der Waals surface area (Å²) in [5.74, 6) is 0.654. The van der Waals surface area contributed by atoms with Crippen molar-refractivity contribution in [1.82, 2.24) is 4.90 Å². The largest absolute Gasteiger partial charge is 0.391 e. The van der Waals surface area contributed by atoms with Crippen LogP contribution < -0.4 is 0 Å². The van der Waals surface area contributed by atoms with Crippen molar-refractivity contribution in [3.05, 3.63) is 101 Å². The van der Waals surface area contributed by atoms with Gasteiger partial charge < -0.3 is 5.11 Å². The lowest BCUT2D eigenvalue weighted by Crippen LogP contribution is -2.33. The lowest BCUT2D eigenvalue weighted by atomic mass is 10.1. The maximum atomic E-state index is 10.6. The fourth-order valence-corrected chi connectivity index (χ4v) is 3.89. The Kier molecular flexibility index (Phi) is 7.79.